The van der Waals surface area contributed by atoms with Crippen LogP contribution in [0.4, 0.5) is 0 Å². The van der Waals surface area contributed by atoms with Crippen LogP contribution in [-0.4, -0.2) is 30.4 Å². The van der Waals surface area contributed by atoms with E-state index in [-0.39, 0.29) is 6.61 Å². The molecule has 0 spiro atoms. The Labute approximate surface area is 109 Å². The van der Waals surface area contributed by atoms with Crippen molar-refractivity contribution < 1.29 is 19.1 Å². The van der Waals surface area contributed by atoms with Gasteiger partial charge in [-0.25, -0.2) is 4.79 Å². The topological polar surface area (TPSA) is 108 Å². The number of esters is 1. The maximum absolute atomic E-state index is 11.6. The van der Waals surface area contributed by atoms with Crippen LogP contribution >= 0.6 is 0 Å². The standard InChI is InChI=1S/C12H13N3O4/c1-2-19-11(18)10(17)15-12(13)14-9(16)8-6-4-3-5-7-8/h3-7H,2H2,1H3,(H3,13,14,15,16,17). The molecule has 0 unspecified atom stereocenters. The SMILES string of the molecule is CCOC(=O)C(=O)NC(=N)NC(=O)c1ccccc1. The van der Waals surface area contributed by atoms with Crippen molar-refractivity contribution in [3.8, 4) is 0 Å². The van der Waals surface area contributed by atoms with E-state index in [9.17, 15) is 14.4 Å². The van der Waals surface area contributed by atoms with E-state index in [0.29, 0.717) is 5.56 Å². The van der Waals surface area contributed by atoms with Gasteiger partial charge in [0, 0.05) is 5.56 Å². The van der Waals surface area contributed by atoms with Crippen LogP contribution in [0, 0.1) is 5.41 Å². The Morgan fingerprint density at radius 1 is 1.16 bits per heavy atom. The van der Waals surface area contributed by atoms with Crippen molar-refractivity contribution in [2.75, 3.05) is 6.61 Å². The van der Waals surface area contributed by atoms with Gasteiger partial charge in [-0.15, -0.1) is 0 Å². The zero-order valence-corrected chi connectivity index (χ0v) is 10.2. The van der Waals surface area contributed by atoms with E-state index in [1.807, 2.05) is 5.32 Å². The Hall–Kier alpha value is -2.70. The maximum atomic E-state index is 11.6. The van der Waals surface area contributed by atoms with Gasteiger partial charge in [-0.1, -0.05) is 18.2 Å². The van der Waals surface area contributed by atoms with Gasteiger partial charge >= 0.3 is 11.9 Å². The molecule has 0 aliphatic carbocycles. The van der Waals surface area contributed by atoms with Gasteiger partial charge in [0.1, 0.15) is 0 Å². The Bertz CT molecular complexity index is 499. The maximum Gasteiger partial charge on any atom is 0.397 e. The van der Waals surface area contributed by atoms with Crippen LogP contribution in [0.25, 0.3) is 0 Å². The van der Waals surface area contributed by atoms with Crippen molar-refractivity contribution in [1.82, 2.24) is 10.6 Å². The number of carbonyl (C=O) groups is 3. The van der Waals surface area contributed by atoms with Gasteiger partial charge < -0.3 is 4.74 Å². The molecule has 100 valence electrons. The summed E-state index contributed by atoms with van der Waals surface area (Å²) in [6.45, 7) is 1.60. The van der Waals surface area contributed by atoms with Crippen LogP contribution in [0.5, 0.6) is 0 Å². The van der Waals surface area contributed by atoms with E-state index >= 15 is 0 Å². The summed E-state index contributed by atoms with van der Waals surface area (Å²) in [5.41, 5.74) is 0.331. The highest BCUT2D eigenvalue weighted by molar-refractivity contribution is 6.35. The second-order valence-corrected chi connectivity index (χ2v) is 3.37. The molecular formula is C12H13N3O4. The largest absolute Gasteiger partial charge is 0.459 e. The van der Waals surface area contributed by atoms with Gasteiger partial charge in [-0.05, 0) is 19.1 Å². The van der Waals surface area contributed by atoms with Crippen molar-refractivity contribution >= 4 is 23.7 Å². The van der Waals surface area contributed by atoms with E-state index in [1.54, 1.807) is 37.3 Å². The van der Waals surface area contributed by atoms with Crippen LogP contribution in [0.2, 0.25) is 0 Å². The van der Waals surface area contributed by atoms with E-state index < -0.39 is 23.7 Å². The molecule has 1 aromatic carbocycles. The van der Waals surface area contributed by atoms with Crippen LogP contribution in [0.3, 0.4) is 0 Å². The first-order valence-corrected chi connectivity index (χ1v) is 5.47. The highest BCUT2D eigenvalue weighted by Crippen LogP contribution is 1.97. The summed E-state index contributed by atoms with van der Waals surface area (Å²) in [7, 11) is 0. The van der Waals surface area contributed by atoms with Gasteiger partial charge in [-0.3, -0.25) is 25.6 Å². The van der Waals surface area contributed by atoms with E-state index in [0.717, 1.165) is 0 Å². The second kappa shape index (κ2) is 6.90. The molecule has 0 saturated carbocycles. The molecule has 0 aliphatic heterocycles. The Kier molecular flexibility index (Phi) is 5.21. The summed E-state index contributed by atoms with van der Waals surface area (Å²) in [6, 6.07) is 8.17. The number of benzene rings is 1. The third kappa shape index (κ3) is 4.58. The molecule has 7 heteroatoms. The molecule has 1 rings (SSSR count). The van der Waals surface area contributed by atoms with Crippen LogP contribution in [0.1, 0.15) is 17.3 Å². The van der Waals surface area contributed by atoms with Crippen LogP contribution in [-0.2, 0) is 14.3 Å². The lowest BCUT2D eigenvalue weighted by atomic mass is 10.2. The van der Waals surface area contributed by atoms with E-state index in [2.05, 4.69) is 10.1 Å². The molecule has 3 N–H and O–H groups in total. The lowest BCUT2D eigenvalue weighted by molar-refractivity contribution is -0.153. The molecule has 0 aromatic heterocycles. The zero-order chi connectivity index (χ0) is 14.3. The number of carbonyl (C=O) groups excluding carboxylic acids is 3. The Morgan fingerprint density at radius 3 is 2.37 bits per heavy atom. The predicted molar refractivity (Wildman–Crippen MR) is 66.4 cm³/mol. The molecule has 0 saturated heterocycles. The fourth-order valence-electron chi connectivity index (χ4n) is 1.17. The lowest BCUT2D eigenvalue weighted by Crippen LogP contribution is -2.46. The van der Waals surface area contributed by atoms with Gasteiger partial charge in [0.15, 0.2) is 0 Å². The first-order chi connectivity index (χ1) is 9.04. The Balaban J connectivity index is 2.50. The number of guanidine groups is 1. The second-order valence-electron chi connectivity index (χ2n) is 3.37. The third-order valence-electron chi connectivity index (χ3n) is 1.97. The molecule has 7 nitrogen and oxygen atoms in total. The summed E-state index contributed by atoms with van der Waals surface area (Å²) >= 11 is 0. The minimum absolute atomic E-state index is 0.0515. The molecule has 0 fully saturated rings. The van der Waals surface area contributed by atoms with Crippen molar-refractivity contribution in [3.63, 3.8) is 0 Å². The van der Waals surface area contributed by atoms with Crippen molar-refractivity contribution in [2.45, 2.75) is 6.92 Å². The summed E-state index contributed by atoms with van der Waals surface area (Å²) < 4.78 is 4.43. The molecule has 0 atom stereocenters. The summed E-state index contributed by atoms with van der Waals surface area (Å²) in [5.74, 6) is -3.37. The third-order valence-corrected chi connectivity index (χ3v) is 1.97. The normalized spacial score (nSPS) is 9.32. The monoisotopic (exact) mass is 263 g/mol. The fraction of sp³-hybridized carbons (Fsp3) is 0.167. The van der Waals surface area contributed by atoms with Crippen LogP contribution < -0.4 is 10.6 Å². The van der Waals surface area contributed by atoms with Gasteiger partial charge in [-0.2, -0.15) is 0 Å². The smallest absolute Gasteiger partial charge is 0.397 e. The summed E-state index contributed by atoms with van der Waals surface area (Å²) in [5, 5.41) is 11.4. The molecule has 0 aliphatic rings. The highest BCUT2D eigenvalue weighted by Gasteiger charge is 2.17. The van der Waals surface area contributed by atoms with E-state index in [4.69, 9.17) is 5.41 Å². The van der Waals surface area contributed by atoms with Crippen LogP contribution in [0.15, 0.2) is 30.3 Å². The van der Waals surface area contributed by atoms with Crippen molar-refractivity contribution in [3.05, 3.63) is 35.9 Å². The lowest BCUT2D eigenvalue weighted by Gasteiger charge is -2.07. The van der Waals surface area contributed by atoms with Gasteiger partial charge in [0.25, 0.3) is 5.91 Å². The number of hydrogen-bond acceptors (Lipinski definition) is 5. The highest BCUT2D eigenvalue weighted by atomic mass is 16.5. The van der Waals surface area contributed by atoms with Gasteiger partial charge in [0.05, 0.1) is 6.61 Å². The minimum atomic E-state index is -1.11. The van der Waals surface area contributed by atoms with Gasteiger partial charge in [0.2, 0.25) is 5.96 Å². The Morgan fingerprint density at radius 2 is 1.79 bits per heavy atom. The molecule has 0 bridgehead atoms. The first kappa shape index (κ1) is 14.4. The average Bonchev–Trinajstić information content (AvgIpc) is 2.39. The first-order valence-electron chi connectivity index (χ1n) is 5.47. The predicted octanol–water partition coefficient (Wildman–Crippen LogP) is 0.0305. The molecule has 0 heterocycles. The fourth-order valence-corrected chi connectivity index (χ4v) is 1.17. The number of ether oxygens (including phenoxy) is 1. The van der Waals surface area contributed by atoms with Crippen molar-refractivity contribution in [2.24, 2.45) is 0 Å². The number of rotatable bonds is 2. The van der Waals surface area contributed by atoms with Crippen molar-refractivity contribution in [1.29, 1.82) is 5.41 Å². The molecule has 19 heavy (non-hydrogen) atoms. The molecule has 1 aromatic rings. The number of amides is 2. The number of nitrogens with one attached hydrogen (secondary N) is 3. The molecule has 2 amide bonds. The molecule has 0 radical (unpaired) electrons. The molecular weight excluding hydrogens is 250 g/mol. The summed E-state index contributed by atoms with van der Waals surface area (Å²) in [6.07, 6.45) is 0. The average molecular weight is 263 g/mol. The van der Waals surface area contributed by atoms with E-state index in [1.165, 1.54) is 0 Å². The zero-order valence-electron chi connectivity index (χ0n) is 10.2. The number of hydrogen-bond donors (Lipinski definition) is 3. The summed E-state index contributed by atoms with van der Waals surface area (Å²) in [4.78, 5) is 33.8. The minimum Gasteiger partial charge on any atom is -0.459 e. The quantitative estimate of drug-likeness (QED) is 0.303.